The molecule has 130 valence electrons. The third-order valence-electron chi connectivity index (χ3n) is 4.70. The number of likely N-dealkylation sites (tertiary alicyclic amines) is 1. The molecule has 0 aromatic carbocycles. The zero-order chi connectivity index (χ0) is 17.1. The second-order valence-electron chi connectivity index (χ2n) is 6.50. The Bertz CT molecular complexity index is 687. The van der Waals surface area contributed by atoms with Crippen LogP contribution >= 0.6 is 0 Å². The van der Waals surface area contributed by atoms with Gasteiger partial charge in [0.05, 0.1) is 18.4 Å². The Labute approximate surface area is 140 Å². The number of anilines is 1. The fourth-order valence-corrected chi connectivity index (χ4v) is 3.23. The molecule has 2 saturated heterocycles. The highest BCUT2D eigenvalue weighted by atomic mass is 16.2. The van der Waals surface area contributed by atoms with Crippen LogP contribution in [0.5, 0.6) is 0 Å². The standard InChI is InChI=1S/C16H23N5O3/c1-19-16(24)7-13(9-18-19)20-6-4-12(10-20)8-17-14(22)11-21-5-2-3-15(21)23/h7,9,12H,2-6,8,10-11H2,1H3,(H,17,22)/t12-/m1/s1. The molecular formula is C16H23N5O3. The average Bonchev–Trinajstić information content (AvgIpc) is 3.18. The van der Waals surface area contributed by atoms with Crippen molar-refractivity contribution in [3.8, 4) is 0 Å². The molecule has 1 N–H and O–H groups in total. The number of aromatic nitrogens is 2. The number of nitrogens with zero attached hydrogens (tertiary/aromatic N) is 4. The Morgan fingerprint density at radius 2 is 2.21 bits per heavy atom. The Balaban J connectivity index is 1.46. The lowest BCUT2D eigenvalue weighted by atomic mass is 10.1. The molecule has 0 saturated carbocycles. The van der Waals surface area contributed by atoms with Crippen molar-refractivity contribution in [3.63, 3.8) is 0 Å². The minimum absolute atomic E-state index is 0.0651. The van der Waals surface area contributed by atoms with Crippen LogP contribution in [0.2, 0.25) is 0 Å². The summed E-state index contributed by atoms with van der Waals surface area (Å²) in [5, 5.41) is 6.97. The molecule has 0 bridgehead atoms. The smallest absolute Gasteiger partial charge is 0.268 e. The summed E-state index contributed by atoms with van der Waals surface area (Å²) in [5.74, 6) is 0.307. The van der Waals surface area contributed by atoms with Gasteiger partial charge in [0.2, 0.25) is 11.8 Å². The Kier molecular flexibility index (Phi) is 4.82. The number of hydrogen-bond donors (Lipinski definition) is 1. The fourth-order valence-electron chi connectivity index (χ4n) is 3.23. The maximum atomic E-state index is 12.0. The lowest BCUT2D eigenvalue weighted by Crippen LogP contribution is -2.40. The first kappa shape index (κ1) is 16.5. The number of hydrogen-bond acceptors (Lipinski definition) is 5. The minimum Gasteiger partial charge on any atom is -0.370 e. The molecule has 2 amide bonds. The monoisotopic (exact) mass is 333 g/mol. The Morgan fingerprint density at radius 1 is 1.38 bits per heavy atom. The lowest BCUT2D eigenvalue weighted by Gasteiger charge is -2.19. The van der Waals surface area contributed by atoms with E-state index in [0.29, 0.717) is 25.4 Å². The summed E-state index contributed by atoms with van der Waals surface area (Å²) in [4.78, 5) is 38.9. The molecule has 3 rings (SSSR count). The molecule has 0 aliphatic carbocycles. The zero-order valence-corrected chi connectivity index (χ0v) is 13.9. The van der Waals surface area contributed by atoms with Gasteiger partial charge in [0.25, 0.3) is 5.56 Å². The maximum absolute atomic E-state index is 12.0. The molecule has 2 aliphatic heterocycles. The summed E-state index contributed by atoms with van der Waals surface area (Å²) in [6, 6.07) is 1.59. The van der Waals surface area contributed by atoms with Crippen LogP contribution in [0.25, 0.3) is 0 Å². The predicted octanol–water partition coefficient (Wildman–Crippen LogP) is -0.655. The molecule has 2 fully saturated rings. The van der Waals surface area contributed by atoms with Gasteiger partial charge in [0.15, 0.2) is 0 Å². The first-order valence-corrected chi connectivity index (χ1v) is 8.35. The van der Waals surface area contributed by atoms with E-state index in [-0.39, 0.29) is 23.9 Å². The Hall–Kier alpha value is -2.38. The second kappa shape index (κ2) is 7.02. The molecule has 3 heterocycles. The van der Waals surface area contributed by atoms with E-state index in [0.717, 1.165) is 31.6 Å². The van der Waals surface area contributed by atoms with Crippen molar-refractivity contribution in [2.45, 2.75) is 19.3 Å². The highest BCUT2D eigenvalue weighted by Gasteiger charge is 2.25. The number of amides is 2. The second-order valence-corrected chi connectivity index (χ2v) is 6.50. The highest BCUT2D eigenvalue weighted by molar-refractivity contribution is 5.85. The molecular weight excluding hydrogens is 310 g/mol. The Morgan fingerprint density at radius 3 is 2.92 bits per heavy atom. The summed E-state index contributed by atoms with van der Waals surface area (Å²) in [6.45, 7) is 3.07. The van der Waals surface area contributed by atoms with Crippen LogP contribution < -0.4 is 15.8 Å². The predicted molar refractivity (Wildman–Crippen MR) is 88.6 cm³/mol. The summed E-state index contributed by atoms with van der Waals surface area (Å²) < 4.78 is 1.30. The van der Waals surface area contributed by atoms with Gasteiger partial charge < -0.3 is 15.1 Å². The van der Waals surface area contributed by atoms with Crippen LogP contribution in [0.1, 0.15) is 19.3 Å². The lowest BCUT2D eigenvalue weighted by molar-refractivity contribution is -0.133. The molecule has 0 spiro atoms. The fraction of sp³-hybridized carbons (Fsp3) is 0.625. The summed E-state index contributed by atoms with van der Waals surface area (Å²) in [6.07, 6.45) is 4.04. The van der Waals surface area contributed by atoms with Gasteiger partial charge in [-0.2, -0.15) is 5.10 Å². The van der Waals surface area contributed by atoms with Gasteiger partial charge in [-0.3, -0.25) is 14.4 Å². The molecule has 0 unspecified atom stereocenters. The molecule has 1 aromatic rings. The summed E-state index contributed by atoms with van der Waals surface area (Å²) in [5.41, 5.74) is 0.703. The van der Waals surface area contributed by atoms with Crippen molar-refractivity contribution in [2.24, 2.45) is 13.0 Å². The number of nitrogens with one attached hydrogen (secondary N) is 1. The van der Waals surface area contributed by atoms with E-state index >= 15 is 0 Å². The quantitative estimate of drug-likeness (QED) is 0.773. The van der Waals surface area contributed by atoms with Gasteiger partial charge in [0, 0.05) is 45.7 Å². The SMILES string of the molecule is Cn1ncc(N2CC[C@H](CNC(=O)CN3CCCC3=O)C2)cc1=O. The molecule has 2 aliphatic rings. The van der Waals surface area contributed by atoms with Crippen molar-refractivity contribution >= 4 is 17.5 Å². The van der Waals surface area contributed by atoms with E-state index in [1.54, 1.807) is 24.2 Å². The van der Waals surface area contributed by atoms with Crippen molar-refractivity contribution < 1.29 is 9.59 Å². The van der Waals surface area contributed by atoms with Crippen LogP contribution in [-0.2, 0) is 16.6 Å². The van der Waals surface area contributed by atoms with E-state index in [1.807, 2.05) is 0 Å². The van der Waals surface area contributed by atoms with Gasteiger partial charge in [-0.1, -0.05) is 0 Å². The van der Waals surface area contributed by atoms with Crippen molar-refractivity contribution in [2.75, 3.05) is 37.6 Å². The van der Waals surface area contributed by atoms with E-state index < -0.39 is 0 Å². The van der Waals surface area contributed by atoms with Gasteiger partial charge in [0.1, 0.15) is 0 Å². The average molecular weight is 333 g/mol. The first-order chi connectivity index (χ1) is 11.5. The first-order valence-electron chi connectivity index (χ1n) is 8.35. The minimum atomic E-state index is -0.125. The van der Waals surface area contributed by atoms with Crippen LogP contribution in [0.15, 0.2) is 17.1 Å². The van der Waals surface area contributed by atoms with Crippen molar-refractivity contribution in [1.29, 1.82) is 0 Å². The third kappa shape index (κ3) is 3.74. The van der Waals surface area contributed by atoms with E-state index in [4.69, 9.17) is 0 Å². The van der Waals surface area contributed by atoms with Gasteiger partial charge >= 0.3 is 0 Å². The molecule has 8 nitrogen and oxygen atoms in total. The van der Waals surface area contributed by atoms with E-state index in [9.17, 15) is 14.4 Å². The van der Waals surface area contributed by atoms with E-state index in [1.165, 1.54) is 4.68 Å². The number of carbonyl (C=O) groups is 2. The van der Waals surface area contributed by atoms with Gasteiger partial charge in [-0.25, -0.2) is 4.68 Å². The van der Waals surface area contributed by atoms with Gasteiger partial charge in [-0.05, 0) is 18.8 Å². The molecule has 8 heteroatoms. The maximum Gasteiger partial charge on any atom is 0.268 e. The molecule has 24 heavy (non-hydrogen) atoms. The normalized spacial score (nSPS) is 20.7. The van der Waals surface area contributed by atoms with Crippen molar-refractivity contribution in [3.05, 3.63) is 22.6 Å². The van der Waals surface area contributed by atoms with Crippen LogP contribution in [0.3, 0.4) is 0 Å². The van der Waals surface area contributed by atoms with Crippen LogP contribution in [0, 0.1) is 5.92 Å². The number of aryl methyl sites for hydroxylation is 1. The zero-order valence-electron chi connectivity index (χ0n) is 13.9. The van der Waals surface area contributed by atoms with Crippen LogP contribution in [-0.4, -0.2) is 59.2 Å². The number of rotatable bonds is 5. The molecule has 0 radical (unpaired) electrons. The van der Waals surface area contributed by atoms with E-state index in [2.05, 4.69) is 15.3 Å². The molecule has 1 atom stereocenters. The molecule has 1 aromatic heterocycles. The van der Waals surface area contributed by atoms with Crippen molar-refractivity contribution in [1.82, 2.24) is 20.0 Å². The summed E-state index contributed by atoms with van der Waals surface area (Å²) in [7, 11) is 1.62. The van der Waals surface area contributed by atoms with Crippen LogP contribution in [0.4, 0.5) is 5.69 Å². The summed E-state index contributed by atoms with van der Waals surface area (Å²) >= 11 is 0. The third-order valence-corrected chi connectivity index (χ3v) is 4.70. The topological polar surface area (TPSA) is 87.5 Å². The number of carbonyl (C=O) groups excluding carboxylic acids is 2. The highest BCUT2D eigenvalue weighted by Crippen LogP contribution is 2.21. The largest absolute Gasteiger partial charge is 0.370 e. The van der Waals surface area contributed by atoms with Gasteiger partial charge in [-0.15, -0.1) is 0 Å².